The number of hydrogen-bond donors (Lipinski definition) is 0. The van der Waals surface area contributed by atoms with Gasteiger partial charge in [-0.05, 0) is 81.9 Å². The molecule has 3 aromatic rings. The number of hydrogen-bond acceptors (Lipinski definition) is 11. The van der Waals surface area contributed by atoms with Gasteiger partial charge in [0.15, 0.2) is 0 Å². The van der Waals surface area contributed by atoms with Crippen molar-refractivity contribution in [1.82, 2.24) is 19.7 Å². The van der Waals surface area contributed by atoms with Gasteiger partial charge in [0.1, 0.15) is 10.6 Å². The number of carbonyl (C=O) groups is 2. The number of piperidine rings is 1. The molecule has 0 N–H and O–H groups in total. The maximum Gasteiger partial charge on any atom is 0.411 e. The fourth-order valence-corrected chi connectivity index (χ4v) is 8.61. The van der Waals surface area contributed by atoms with Crippen LogP contribution < -0.4 is 13.8 Å². The Hall–Kier alpha value is -4.71. The highest BCUT2D eigenvalue weighted by molar-refractivity contribution is 7.93. The van der Waals surface area contributed by atoms with Crippen molar-refractivity contribution < 1.29 is 32.2 Å². The fourth-order valence-electron chi connectivity index (χ4n) is 6.99. The minimum Gasteiger partial charge on any atom is -0.495 e. The van der Waals surface area contributed by atoms with Crippen LogP contribution in [0.5, 0.6) is 11.6 Å². The van der Waals surface area contributed by atoms with E-state index >= 15 is 4.79 Å². The number of benzene rings is 2. The van der Waals surface area contributed by atoms with Crippen molar-refractivity contribution in [3.63, 3.8) is 0 Å². The number of pyridine rings is 1. The number of aromatic nitrogens is 1. The molecule has 13 nitrogen and oxygen atoms in total. The summed E-state index contributed by atoms with van der Waals surface area (Å²) in [5.41, 5.74) is -2.27. The SMILES string of the molecule is CCOc1ncccc1C1(OC(=O)N2CCN(C3CCN(CC)CC3)CC2)C(=O)N(S(=O)(=O)c2ccccc2OC)c2ccc(C#N)cc21. The minimum absolute atomic E-state index is 0.00125. The number of para-hydroxylation sites is 1. The molecule has 2 amide bonds. The van der Waals surface area contributed by atoms with Crippen LogP contribution in [0.25, 0.3) is 0 Å². The predicted molar refractivity (Wildman–Crippen MR) is 180 cm³/mol. The van der Waals surface area contributed by atoms with Gasteiger partial charge in [0.2, 0.25) is 5.88 Å². The van der Waals surface area contributed by atoms with Gasteiger partial charge < -0.3 is 24.0 Å². The van der Waals surface area contributed by atoms with Crippen molar-refractivity contribution >= 4 is 27.7 Å². The number of fused-ring (bicyclic) bond motifs is 1. The lowest BCUT2D eigenvalue weighted by molar-refractivity contribution is -0.132. The number of amides is 2. The Morgan fingerprint density at radius 3 is 2.41 bits per heavy atom. The van der Waals surface area contributed by atoms with Gasteiger partial charge in [-0.3, -0.25) is 9.69 Å². The van der Waals surface area contributed by atoms with Gasteiger partial charge >= 0.3 is 6.09 Å². The molecule has 4 heterocycles. The average Bonchev–Trinajstić information content (AvgIpc) is 3.39. The van der Waals surface area contributed by atoms with Gasteiger partial charge in [0.25, 0.3) is 21.5 Å². The molecule has 1 unspecified atom stereocenters. The monoisotopic (exact) mass is 688 g/mol. The highest BCUT2D eigenvalue weighted by atomic mass is 32.2. The zero-order valence-electron chi connectivity index (χ0n) is 27.9. The average molecular weight is 689 g/mol. The Balaban J connectivity index is 1.42. The number of sulfonamides is 1. The van der Waals surface area contributed by atoms with Crippen LogP contribution in [0.4, 0.5) is 10.5 Å². The molecule has 14 heteroatoms. The van der Waals surface area contributed by atoms with Crippen molar-refractivity contribution in [1.29, 1.82) is 5.26 Å². The molecule has 0 spiro atoms. The van der Waals surface area contributed by atoms with E-state index in [0.717, 1.165) is 32.5 Å². The second-order valence-electron chi connectivity index (χ2n) is 12.1. The van der Waals surface area contributed by atoms with Crippen molar-refractivity contribution in [3.05, 3.63) is 77.5 Å². The second kappa shape index (κ2) is 14.0. The summed E-state index contributed by atoms with van der Waals surface area (Å²) in [6.45, 7) is 9.16. The van der Waals surface area contributed by atoms with Crippen LogP contribution in [-0.2, 0) is 25.2 Å². The molecule has 1 atom stereocenters. The number of piperazine rings is 1. The van der Waals surface area contributed by atoms with E-state index < -0.39 is 27.6 Å². The van der Waals surface area contributed by atoms with E-state index in [1.54, 1.807) is 19.1 Å². The Morgan fingerprint density at radius 2 is 1.73 bits per heavy atom. The molecular formula is C35H40N6O7S. The van der Waals surface area contributed by atoms with Crippen molar-refractivity contribution in [2.45, 2.75) is 43.2 Å². The maximum absolute atomic E-state index is 15.0. The zero-order chi connectivity index (χ0) is 34.8. The Kier molecular flexibility index (Phi) is 9.78. The molecule has 3 aliphatic heterocycles. The predicted octanol–water partition coefficient (Wildman–Crippen LogP) is 3.58. The van der Waals surface area contributed by atoms with Crippen LogP contribution >= 0.6 is 0 Å². The van der Waals surface area contributed by atoms with Crippen LogP contribution in [0.1, 0.15) is 43.4 Å². The highest BCUT2D eigenvalue weighted by Gasteiger charge is 2.61. The lowest BCUT2D eigenvalue weighted by Crippen LogP contribution is -2.56. The number of nitriles is 1. The van der Waals surface area contributed by atoms with E-state index in [1.165, 1.54) is 60.7 Å². The van der Waals surface area contributed by atoms with Gasteiger partial charge in [-0.2, -0.15) is 9.57 Å². The quantitative estimate of drug-likeness (QED) is 0.325. The second-order valence-corrected chi connectivity index (χ2v) is 13.9. The number of anilines is 1. The third kappa shape index (κ3) is 6.07. The Morgan fingerprint density at radius 1 is 1.00 bits per heavy atom. The summed E-state index contributed by atoms with van der Waals surface area (Å²) in [6, 6.07) is 15.6. The molecule has 0 aliphatic carbocycles. The standard InChI is InChI=1S/C35H40N6O7S/c1-4-38-17-14-26(15-18-38)39-19-21-40(22-20-39)34(43)48-35(27-9-8-16-37-32(27)47-5-2)28-23-25(24-36)12-13-29(28)41(33(35)42)49(44,45)31-11-7-6-10-30(31)46-3/h6-13,16,23,26H,4-5,14-15,17-22H2,1-3H3. The molecule has 3 aliphatic rings. The van der Waals surface area contributed by atoms with E-state index in [4.69, 9.17) is 14.2 Å². The molecule has 0 saturated carbocycles. The van der Waals surface area contributed by atoms with E-state index in [0.29, 0.717) is 36.5 Å². The van der Waals surface area contributed by atoms with Crippen LogP contribution in [-0.4, -0.2) is 106 Å². The first kappa shape index (κ1) is 34.2. The van der Waals surface area contributed by atoms with E-state index in [9.17, 15) is 18.5 Å². The van der Waals surface area contributed by atoms with Crippen LogP contribution in [0.2, 0.25) is 0 Å². The summed E-state index contributed by atoms with van der Waals surface area (Å²) in [7, 11) is -3.32. The Labute approximate surface area is 286 Å². The van der Waals surface area contributed by atoms with Crippen LogP contribution in [0.3, 0.4) is 0 Å². The van der Waals surface area contributed by atoms with Gasteiger partial charge in [-0.15, -0.1) is 0 Å². The minimum atomic E-state index is -4.65. The molecule has 258 valence electrons. The smallest absolute Gasteiger partial charge is 0.411 e. The molecule has 49 heavy (non-hydrogen) atoms. The van der Waals surface area contributed by atoms with Crippen molar-refractivity contribution in [2.75, 3.05) is 63.8 Å². The largest absolute Gasteiger partial charge is 0.495 e. The van der Waals surface area contributed by atoms with E-state index in [2.05, 4.69) is 27.8 Å². The summed E-state index contributed by atoms with van der Waals surface area (Å²) in [4.78, 5) is 39.7. The Bertz CT molecular complexity index is 1870. The highest BCUT2D eigenvalue weighted by Crippen LogP contribution is 2.52. The molecule has 2 aromatic carbocycles. The van der Waals surface area contributed by atoms with Crippen molar-refractivity contribution in [3.8, 4) is 17.7 Å². The maximum atomic E-state index is 15.0. The number of carbonyl (C=O) groups excluding carboxylic acids is 2. The topological polar surface area (TPSA) is 146 Å². The van der Waals surface area contributed by atoms with Gasteiger partial charge in [0, 0.05) is 44.0 Å². The summed E-state index contributed by atoms with van der Waals surface area (Å²) < 4.78 is 47.0. The van der Waals surface area contributed by atoms with E-state index in [-0.39, 0.29) is 45.5 Å². The lowest BCUT2D eigenvalue weighted by atomic mass is 9.87. The molecule has 6 rings (SSSR count). The molecule has 0 radical (unpaired) electrons. The molecule has 2 saturated heterocycles. The third-order valence-electron chi connectivity index (χ3n) is 9.56. The number of ether oxygens (including phenoxy) is 3. The van der Waals surface area contributed by atoms with E-state index in [1.807, 2.05) is 0 Å². The van der Waals surface area contributed by atoms with Crippen molar-refractivity contribution in [2.24, 2.45) is 0 Å². The molecule has 2 fully saturated rings. The number of methoxy groups -OCH3 is 1. The summed E-state index contributed by atoms with van der Waals surface area (Å²) in [6.07, 6.45) is 2.78. The molecular weight excluding hydrogens is 648 g/mol. The van der Waals surface area contributed by atoms with Crippen LogP contribution in [0.15, 0.2) is 65.7 Å². The fraction of sp³-hybridized carbons (Fsp3) is 0.429. The van der Waals surface area contributed by atoms with Gasteiger partial charge in [-0.25, -0.2) is 18.2 Å². The first-order valence-corrected chi connectivity index (χ1v) is 17.9. The van der Waals surface area contributed by atoms with Gasteiger partial charge in [-0.1, -0.05) is 19.1 Å². The summed E-state index contributed by atoms with van der Waals surface area (Å²) >= 11 is 0. The zero-order valence-corrected chi connectivity index (χ0v) is 28.7. The normalized spacial score (nSPS) is 20.5. The number of likely N-dealkylation sites (tertiary alicyclic amines) is 1. The first-order chi connectivity index (χ1) is 23.7. The summed E-state index contributed by atoms with van der Waals surface area (Å²) in [5.74, 6) is -1.07. The number of rotatable bonds is 9. The third-order valence-corrected chi connectivity index (χ3v) is 11.3. The van der Waals surface area contributed by atoms with Crippen LogP contribution in [0, 0.1) is 11.3 Å². The van der Waals surface area contributed by atoms with Gasteiger partial charge in [0.05, 0.1) is 36.6 Å². The first-order valence-electron chi connectivity index (χ1n) is 16.5. The lowest BCUT2D eigenvalue weighted by Gasteiger charge is -2.43. The number of nitrogens with zero attached hydrogens (tertiary/aromatic N) is 6. The summed E-state index contributed by atoms with van der Waals surface area (Å²) in [5, 5.41) is 9.89. The molecule has 1 aromatic heterocycles. The molecule has 0 bridgehead atoms.